The Morgan fingerprint density at radius 3 is 2.90 bits per heavy atom. The van der Waals surface area contributed by atoms with E-state index in [1.54, 1.807) is 11.3 Å². The van der Waals surface area contributed by atoms with Crippen LogP contribution in [-0.4, -0.2) is 11.1 Å². The van der Waals surface area contributed by atoms with Gasteiger partial charge in [0.2, 0.25) is 0 Å². The van der Waals surface area contributed by atoms with E-state index < -0.39 is 0 Å². The molecule has 1 aliphatic rings. The van der Waals surface area contributed by atoms with Gasteiger partial charge in [-0.15, -0.1) is 11.3 Å². The minimum Gasteiger partial charge on any atom is -0.300 e. The number of hydrogen-bond acceptors (Lipinski definition) is 4. The first-order valence-corrected chi connectivity index (χ1v) is 8.28. The van der Waals surface area contributed by atoms with Gasteiger partial charge in [-0.25, -0.2) is 4.99 Å². The summed E-state index contributed by atoms with van der Waals surface area (Å²) in [4.78, 5) is 18.0. The van der Waals surface area contributed by atoms with Crippen LogP contribution in [0.5, 0.6) is 0 Å². The minimum absolute atomic E-state index is 0.0999. The highest BCUT2D eigenvalue weighted by Crippen LogP contribution is 2.29. The fourth-order valence-corrected chi connectivity index (χ4v) is 3.60. The molecule has 0 atom stereocenters. The van der Waals surface area contributed by atoms with Crippen LogP contribution in [0, 0.1) is 0 Å². The summed E-state index contributed by atoms with van der Waals surface area (Å²) in [5.41, 5.74) is 0.805. The number of rotatable bonds is 2. The lowest BCUT2D eigenvalue weighted by Gasteiger charge is -1.96. The Kier molecular flexibility index (Phi) is 4.05. The Morgan fingerprint density at radius 2 is 2.15 bits per heavy atom. The normalized spacial score (nSPS) is 18.8. The van der Waals surface area contributed by atoms with Gasteiger partial charge in [0.1, 0.15) is 0 Å². The van der Waals surface area contributed by atoms with Crippen molar-refractivity contribution in [2.75, 3.05) is 0 Å². The molecule has 0 spiro atoms. The van der Waals surface area contributed by atoms with E-state index in [9.17, 15) is 4.79 Å². The summed E-state index contributed by atoms with van der Waals surface area (Å²) in [5, 5.41) is 5.37. The highest BCUT2D eigenvalue weighted by atomic mass is 79.9. The van der Waals surface area contributed by atoms with Crippen LogP contribution in [0.1, 0.15) is 4.88 Å². The lowest BCUT2D eigenvalue weighted by Crippen LogP contribution is -2.19. The molecule has 20 heavy (non-hydrogen) atoms. The monoisotopic (exact) mass is 364 g/mol. The molecule has 3 nitrogen and oxygen atoms in total. The first-order valence-electron chi connectivity index (χ1n) is 5.79. The van der Waals surface area contributed by atoms with E-state index in [1.165, 1.54) is 11.8 Å². The van der Waals surface area contributed by atoms with Gasteiger partial charge in [-0.1, -0.05) is 28.1 Å². The molecular formula is C14H9BrN2OS2. The summed E-state index contributed by atoms with van der Waals surface area (Å²) >= 11 is 6.36. The second kappa shape index (κ2) is 5.95. The van der Waals surface area contributed by atoms with Crippen LogP contribution in [0.15, 0.2) is 56.1 Å². The number of thiophene rings is 1. The third kappa shape index (κ3) is 3.20. The van der Waals surface area contributed by atoms with Gasteiger partial charge < -0.3 is 5.32 Å². The molecule has 1 aromatic carbocycles. The van der Waals surface area contributed by atoms with E-state index in [-0.39, 0.29) is 5.91 Å². The van der Waals surface area contributed by atoms with E-state index in [2.05, 4.69) is 26.2 Å². The summed E-state index contributed by atoms with van der Waals surface area (Å²) in [5.74, 6) is -0.0999. The zero-order valence-corrected chi connectivity index (χ0v) is 13.4. The van der Waals surface area contributed by atoms with E-state index in [0.717, 1.165) is 15.0 Å². The molecule has 100 valence electrons. The highest BCUT2D eigenvalue weighted by molar-refractivity contribution is 9.10. The van der Waals surface area contributed by atoms with Crippen LogP contribution >= 0.6 is 39.0 Å². The molecule has 1 N–H and O–H groups in total. The van der Waals surface area contributed by atoms with Crippen LogP contribution < -0.4 is 5.32 Å². The third-order valence-electron chi connectivity index (χ3n) is 2.51. The van der Waals surface area contributed by atoms with Crippen LogP contribution in [0.3, 0.4) is 0 Å². The first kappa shape index (κ1) is 13.6. The highest BCUT2D eigenvalue weighted by Gasteiger charge is 2.23. The molecule has 1 saturated heterocycles. The van der Waals surface area contributed by atoms with Crippen molar-refractivity contribution >= 4 is 61.9 Å². The fourth-order valence-electron chi connectivity index (χ4n) is 1.65. The zero-order valence-electron chi connectivity index (χ0n) is 10.2. The maximum Gasteiger partial charge on any atom is 0.264 e. The smallest absolute Gasteiger partial charge is 0.264 e. The van der Waals surface area contributed by atoms with Crippen molar-refractivity contribution in [3.63, 3.8) is 0 Å². The zero-order chi connectivity index (χ0) is 13.9. The first-order chi connectivity index (χ1) is 9.70. The number of carbonyl (C=O) groups excluding carboxylic acids is 1. The van der Waals surface area contributed by atoms with Gasteiger partial charge in [0.15, 0.2) is 5.17 Å². The summed E-state index contributed by atoms with van der Waals surface area (Å²) < 4.78 is 0.961. The summed E-state index contributed by atoms with van der Waals surface area (Å²) in [6.07, 6.45) is 1.88. The molecule has 0 unspecified atom stereocenters. The second-order valence-corrected chi connectivity index (χ2v) is 6.90. The fraction of sp³-hybridized carbons (Fsp3) is 0. The Morgan fingerprint density at radius 1 is 1.25 bits per heavy atom. The largest absolute Gasteiger partial charge is 0.300 e. The number of amides is 1. The lowest BCUT2D eigenvalue weighted by atomic mass is 10.3. The summed E-state index contributed by atoms with van der Waals surface area (Å²) in [7, 11) is 0. The molecule has 0 saturated carbocycles. The van der Waals surface area contributed by atoms with Crippen LogP contribution in [-0.2, 0) is 4.79 Å². The minimum atomic E-state index is -0.0999. The van der Waals surface area contributed by atoms with Crippen molar-refractivity contribution in [1.82, 2.24) is 5.32 Å². The van der Waals surface area contributed by atoms with Crippen molar-refractivity contribution in [3.8, 4) is 0 Å². The number of benzene rings is 1. The topological polar surface area (TPSA) is 41.5 Å². The number of nitrogens with zero attached hydrogens (tertiary/aromatic N) is 1. The van der Waals surface area contributed by atoms with Crippen LogP contribution in [0.2, 0.25) is 0 Å². The van der Waals surface area contributed by atoms with E-state index in [1.807, 2.05) is 47.9 Å². The lowest BCUT2D eigenvalue weighted by molar-refractivity contribution is -0.115. The van der Waals surface area contributed by atoms with Crippen molar-refractivity contribution in [2.45, 2.75) is 0 Å². The maximum absolute atomic E-state index is 11.9. The summed E-state index contributed by atoms with van der Waals surface area (Å²) in [6.45, 7) is 0. The second-order valence-electron chi connectivity index (χ2n) is 3.98. The third-order valence-corrected chi connectivity index (χ3v) is 4.73. The predicted octanol–water partition coefficient (Wildman–Crippen LogP) is 4.40. The molecular weight excluding hydrogens is 356 g/mol. The van der Waals surface area contributed by atoms with Gasteiger partial charge in [-0.3, -0.25) is 4.79 Å². The van der Waals surface area contributed by atoms with Gasteiger partial charge >= 0.3 is 0 Å². The molecule has 6 heteroatoms. The van der Waals surface area contributed by atoms with Gasteiger partial charge in [-0.05, 0) is 47.5 Å². The predicted molar refractivity (Wildman–Crippen MR) is 89.3 cm³/mol. The molecule has 1 aromatic heterocycles. The van der Waals surface area contributed by atoms with Crippen molar-refractivity contribution in [1.29, 1.82) is 0 Å². The Hall–Kier alpha value is -1.37. The van der Waals surface area contributed by atoms with Crippen LogP contribution in [0.4, 0.5) is 5.69 Å². The Balaban J connectivity index is 1.83. The molecule has 0 bridgehead atoms. The molecule has 2 heterocycles. The molecule has 3 rings (SSSR count). The van der Waals surface area contributed by atoms with Crippen LogP contribution in [0.25, 0.3) is 6.08 Å². The van der Waals surface area contributed by atoms with Crippen molar-refractivity contribution < 1.29 is 4.79 Å². The quantitative estimate of drug-likeness (QED) is 0.802. The number of amidine groups is 1. The standard InChI is InChI=1S/C14H9BrN2OS2/c15-9-3-1-4-10(7-9)16-14-17-13(18)12(20-14)8-11-5-2-6-19-11/h1-8H,(H,16,17,18)/b12-8+. The molecule has 0 aliphatic carbocycles. The molecule has 2 aromatic rings. The van der Waals surface area contributed by atoms with Gasteiger partial charge in [0.25, 0.3) is 5.91 Å². The number of aliphatic imine (C=N–C) groups is 1. The number of carbonyl (C=O) groups is 1. The van der Waals surface area contributed by atoms with E-state index in [0.29, 0.717) is 10.1 Å². The molecule has 0 radical (unpaired) electrons. The van der Waals surface area contributed by atoms with Gasteiger partial charge in [0.05, 0.1) is 10.6 Å². The van der Waals surface area contributed by atoms with Gasteiger partial charge in [-0.2, -0.15) is 0 Å². The Bertz CT molecular complexity index is 708. The van der Waals surface area contributed by atoms with E-state index >= 15 is 0 Å². The maximum atomic E-state index is 11.9. The van der Waals surface area contributed by atoms with Gasteiger partial charge in [0, 0.05) is 9.35 Å². The summed E-state index contributed by atoms with van der Waals surface area (Å²) in [6, 6.07) is 11.6. The molecule has 1 aliphatic heterocycles. The number of thioether (sulfide) groups is 1. The number of halogens is 1. The SMILES string of the molecule is O=C1NC(=Nc2cccc(Br)c2)S/C1=C/c1cccs1. The van der Waals surface area contributed by atoms with Crippen molar-refractivity contribution in [2.24, 2.45) is 4.99 Å². The molecule has 1 amide bonds. The Labute approximate surface area is 132 Å². The number of nitrogens with one attached hydrogen (secondary N) is 1. The average Bonchev–Trinajstić information content (AvgIpc) is 3.01. The average molecular weight is 365 g/mol. The molecule has 1 fully saturated rings. The van der Waals surface area contributed by atoms with E-state index in [4.69, 9.17) is 0 Å². The van der Waals surface area contributed by atoms with Crippen molar-refractivity contribution in [3.05, 3.63) is 56.0 Å². The number of hydrogen-bond donors (Lipinski definition) is 1.